The van der Waals surface area contributed by atoms with Gasteiger partial charge in [-0.15, -0.1) is 0 Å². The number of pyridine rings is 1. The van der Waals surface area contributed by atoms with Crippen LogP contribution in [0.1, 0.15) is 12.6 Å². The first-order valence-corrected chi connectivity index (χ1v) is 7.61. The number of aliphatic hydroxyl groups is 1. The van der Waals surface area contributed by atoms with Crippen LogP contribution in [0.4, 0.5) is 0 Å². The third-order valence-electron chi connectivity index (χ3n) is 3.99. The SMILES string of the molecule is CCN(Cc1ccc2cccc(Cl)c2n1)[C@H]1COC[C@@H]1O. The zero-order valence-electron chi connectivity index (χ0n) is 12.0. The predicted octanol–water partition coefficient (Wildman–Crippen LogP) is 2.47. The summed E-state index contributed by atoms with van der Waals surface area (Å²) in [6, 6.07) is 9.88. The molecule has 2 heterocycles. The Hall–Kier alpha value is -1.20. The summed E-state index contributed by atoms with van der Waals surface area (Å²) in [5, 5.41) is 11.7. The number of fused-ring (bicyclic) bond motifs is 1. The van der Waals surface area contributed by atoms with E-state index in [2.05, 4.69) is 16.8 Å². The normalized spacial score (nSPS) is 22.3. The van der Waals surface area contributed by atoms with Crippen molar-refractivity contribution in [3.63, 3.8) is 0 Å². The van der Waals surface area contributed by atoms with Crippen molar-refractivity contribution in [2.45, 2.75) is 25.6 Å². The summed E-state index contributed by atoms with van der Waals surface area (Å²) in [5.74, 6) is 0. The maximum absolute atomic E-state index is 9.98. The van der Waals surface area contributed by atoms with Crippen molar-refractivity contribution >= 4 is 22.5 Å². The lowest BCUT2D eigenvalue weighted by Gasteiger charge is -2.28. The summed E-state index contributed by atoms with van der Waals surface area (Å²) >= 11 is 6.21. The van der Waals surface area contributed by atoms with Gasteiger partial charge in [-0.25, -0.2) is 4.98 Å². The van der Waals surface area contributed by atoms with Crippen LogP contribution in [-0.2, 0) is 11.3 Å². The number of aliphatic hydroxyl groups excluding tert-OH is 1. The first-order valence-electron chi connectivity index (χ1n) is 7.23. The molecule has 112 valence electrons. The Morgan fingerprint density at radius 2 is 2.19 bits per heavy atom. The first kappa shape index (κ1) is 14.7. The van der Waals surface area contributed by atoms with Crippen molar-refractivity contribution in [1.82, 2.24) is 9.88 Å². The zero-order chi connectivity index (χ0) is 14.8. The fourth-order valence-electron chi connectivity index (χ4n) is 2.79. The molecule has 1 fully saturated rings. The Bertz CT molecular complexity index is 635. The molecule has 0 spiro atoms. The number of hydrogen-bond acceptors (Lipinski definition) is 4. The number of aromatic nitrogens is 1. The quantitative estimate of drug-likeness (QED) is 0.942. The Kier molecular flexibility index (Phi) is 4.40. The highest BCUT2D eigenvalue weighted by molar-refractivity contribution is 6.35. The summed E-state index contributed by atoms with van der Waals surface area (Å²) < 4.78 is 5.35. The smallest absolute Gasteiger partial charge is 0.0950 e. The fraction of sp³-hybridized carbons (Fsp3) is 0.438. The maximum atomic E-state index is 9.98. The topological polar surface area (TPSA) is 45.6 Å². The van der Waals surface area contributed by atoms with E-state index in [1.807, 2.05) is 30.3 Å². The number of rotatable bonds is 4. The van der Waals surface area contributed by atoms with Crippen molar-refractivity contribution in [2.24, 2.45) is 0 Å². The average molecular weight is 307 g/mol. The minimum absolute atomic E-state index is 0.0405. The molecule has 2 atom stereocenters. The largest absolute Gasteiger partial charge is 0.389 e. The van der Waals surface area contributed by atoms with Crippen molar-refractivity contribution in [2.75, 3.05) is 19.8 Å². The van der Waals surface area contributed by atoms with Crippen LogP contribution >= 0.6 is 11.6 Å². The second-order valence-corrected chi connectivity index (χ2v) is 5.76. The van der Waals surface area contributed by atoms with Crippen molar-refractivity contribution in [3.05, 3.63) is 41.0 Å². The lowest BCUT2D eigenvalue weighted by Crippen LogP contribution is -2.42. The highest BCUT2D eigenvalue weighted by atomic mass is 35.5. The maximum Gasteiger partial charge on any atom is 0.0950 e. The third kappa shape index (κ3) is 3.04. The highest BCUT2D eigenvalue weighted by Gasteiger charge is 2.31. The van der Waals surface area contributed by atoms with Crippen LogP contribution in [0.15, 0.2) is 30.3 Å². The van der Waals surface area contributed by atoms with E-state index in [9.17, 15) is 5.11 Å². The molecule has 0 saturated carbocycles. The van der Waals surface area contributed by atoms with E-state index in [0.717, 1.165) is 23.1 Å². The van der Waals surface area contributed by atoms with Gasteiger partial charge in [0.25, 0.3) is 0 Å². The Labute approximate surface area is 129 Å². The lowest BCUT2D eigenvalue weighted by atomic mass is 10.1. The van der Waals surface area contributed by atoms with Gasteiger partial charge in [0.05, 0.1) is 41.6 Å². The van der Waals surface area contributed by atoms with Gasteiger partial charge in [-0.2, -0.15) is 0 Å². The number of halogens is 1. The van der Waals surface area contributed by atoms with Crippen LogP contribution in [0.2, 0.25) is 5.02 Å². The lowest BCUT2D eigenvalue weighted by molar-refractivity contribution is 0.0802. The van der Waals surface area contributed by atoms with Crippen molar-refractivity contribution in [3.8, 4) is 0 Å². The molecule has 1 aromatic heterocycles. The molecule has 3 rings (SSSR count). The molecule has 0 radical (unpaired) electrons. The third-order valence-corrected chi connectivity index (χ3v) is 4.30. The number of para-hydroxylation sites is 1. The summed E-state index contributed by atoms with van der Waals surface area (Å²) in [4.78, 5) is 6.86. The average Bonchev–Trinajstić information content (AvgIpc) is 2.91. The van der Waals surface area contributed by atoms with Gasteiger partial charge in [0.1, 0.15) is 0 Å². The minimum Gasteiger partial charge on any atom is -0.389 e. The molecule has 1 aliphatic heterocycles. The van der Waals surface area contributed by atoms with Gasteiger partial charge in [-0.05, 0) is 18.7 Å². The fourth-order valence-corrected chi connectivity index (χ4v) is 3.02. The Balaban J connectivity index is 1.84. The summed E-state index contributed by atoms with van der Waals surface area (Å²) in [7, 11) is 0. The molecule has 0 unspecified atom stereocenters. The number of benzene rings is 1. The highest BCUT2D eigenvalue weighted by Crippen LogP contribution is 2.23. The number of likely N-dealkylation sites (N-methyl/N-ethyl adjacent to an activating group) is 1. The van der Waals surface area contributed by atoms with E-state index in [0.29, 0.717) is 24.8 Å². The van der Waals surface area contributed by atoms with Crippen LogP contribution in [-0.4, -0.2) is 46.9 Å². The molecule has 1 N–H and O–H groups in total. The summed E-state index contributed by atoms with van der Waals surface area (Å²) in [5.41, 5.74) is 1.78. The zero-order valence-corrected chi connectivity index (χ0v) is 12.8. The first-order chi connectivity index (χ1) is 10.2. The summed E-state index contributed by atoms with van der Waals surface area (Å²) in [6.45, 7) is 4.59. The molecule has 0 aliphatic carbocycles. The molecular formula is C16H19ClN2O2. The van der Waals surface area contributed by atoms with E-state index in [1.165, 1.54) is 0 Å². The van der Waals surface area contributed by atoms with Crippen LogP contribution in [0, 0.1) is 0 Å². The second-order valence-electron chi connectivity index (χ2n) is 5.35. The Morgan fingerprint density at radius 3 is 2.90 bits per heavy atom. The molecule has 4 nitrogen and oxygen atoms in total. The Morgan fingerprint density at radius 1 is 1.33 bits per heavy atom. The molecule has 0 amide bonds. The van der Waals surface area contributed by atoms with Crippen LogP contribution in [0.3, 0.4) is 0 Å². The molecule has 1 saturated heterocycles. The molecule has 5 heteroatoms. The van der Waals surface area contributed by atoms with Gasteiger partial charge in [0.15, 0.2) is 0 Å². The minimum atomic E-state index is -0.422. The van der Waals surface area contributed by atoms with Crippen molar-refractivity contribution < 1.29 is 9.84 Å². The van der Waals surface area contributed by atoms with E-state index < -0.39 is 6.10 Å². The summed E-state index contributed by atoms with van der Waals surface area (Å²) in [6.07, 6.45) is -0.422. The molecular weight excluding hydrogens is 288 g/mol. The molecule has 1 aromatic carbocycles. The van der Waals surface area contributed by atoms with Crippen LogP contribution in [0.25, 0.3) is 10.9 Å². The van der Waals surface area contributed by atoms with E-state index in [4.69, 9.17) is 16.3 Å². The van der Waals surface area contributed by atoms with E-state index in [1.54, 1.807) is 0 Å². The number of ether oxygens (including phenoxy) is 1. The van der Waals surface area contributed by atoms with Gasteiger partial charge in [0, 0.05) is 11.9 Å². The number of hydrogen-bond donors (Lipinski definition) is 1. The van der Waals surface area contributed by atoms with Gasteiger partial charge < -0.3 is 9.84 Å². The van der Waals surface area contributed by atoms with Gasteiger partial charge in [-0.3, -0.25) is 4.90 Å². The molecule has 1 aliphatic rings. The van der Waals surface area contributed by atoms with Gasteiger partial charge in [-0.1, -0.05) is 36.7 Å². The van der Waals surface area contributed by atoms with Gasteiger partial charge in [0.2, 0.25) is 0 Å². The van der Waals surface area contributed by atoms with Gasteiger partial charge >= 0.3 is 0 Å². The van der Waals surface area contributed by atoms with E-state index >= 15 is 0 Å². The monoisotopic (exact) mass is 306 g/mol. The van der Waals surface area contributed by atoms with Crippen molar-refractivity contribution in [1.29, 1.82) is 0 Å². The molecule has 2 aromatic rings. The predicted molar refractivity (Wildman–Crippen MR) is 83.5 cm³/mol. The van der Waals surface area contributed by atoms with E-state index in [-0.39, 0.29) is 6.04 Å². The second kappa shape index (κ2) is 6.28. The number of nitrogens with zero attached hydrogens (tertiary/aromatic N) is 2. The standard InChI is InChI=1S/C16H19ClN2O2/c1-2-19(14-9-21-10-15(14)20)8-12-7-6-11-4-3-5-13(17)16(11)18-12/h3-7,14-15,20H,2,8-10H2,1H3/t14-,15-/m0/s1. The van der Waals surface area contributed by atoms with Crippen LogP contribution < -0.4 is 0 Å². The molecule has 0 bridgehead atoms. The molecule has 21 heavy (non-hydrogen) atoms. The van der Waals surface area contributed by atoms with Crippen LogP contribution in [0.5, 0.6) is 0 Å².